The molecule has 2 aromatic carbocycles. The first-order valence-corrected chi connectivity index (χ1v) is 10.3. The smallest absolute Gasteiger partial charge is 0.308 e. The number of aromatic nitrogens is 4. The van der Waals surface area contributed by atoms with Crippen molar-refractivity contribution in [2.75, 3.05) is 0 Å². The Morgan fingerprint density at radius 1 is 1.06 bits per heavy atom. The Bertz CT molecular complexity index is 1290. The number of carbonyl (C=O) groups is 1. The lowest BCUT2D eigenvalue weighted by Crippen LogP contribution is -2.25. The van der Waals surface area contributed by atoms with Gasteiger partial charge in [-0.25, -0.2) is 4.68 Å². The van der Waals surface area contributed by atoms with Crippen LogP contribution in [0.25, 0.3) is 10.9 Å². The Labute approximate surface area is 188 Å². The summed E-state index contributed by atoms with van der Waals surface area (Å²) in [5.41, 5.74) is 1.75. The molecule has 162 valence electrons. The summed E-state index contributed by atoms with van der Waals surface area (Å²) >= 11 is 6.10. The van der Waals surface area contributed by atoms with Crippen LogP contribution >= 0.6 is 11.6 Å². The molecule has 0 atom stereocenters. The van der Waals surface area contributed by atoms with Crippen molar-refractivity contribution in [3.05, 3.63) is 93.5 Å². The number of halogens is 1. The Hall–Kier alpha value is -3.78. The highest BCUT2D eigenvalue weighted by atomic mass is 35.5. The second-order valence-corrected chi connectivity index (χ2v) is 7.38. The van der Waals surface area contributed by atoms with Gasteiger partial charge in [-0.05, 0) is 36.4 Å². The van der Waals surface area contributed by atoms with E-state index in [4.69, 9.17) is 21.1 Å². The number of pyridine rings is 1. The molecule has 32 heavy (non-hydrogen) atoms. The van der Waals surface area contributed by atoms with E-state index < -0.39 is 5.97 Å². The van der Waals surface area contributed by atoms with Crippen LogP contribution in [0.1, 0.15) is 17.5 Å². The van der Waals surface area contributed by atoms with E-state index in [1.165, 1.54) is 0 Å². The van der Waals surface area contributed by atoms with Gasteiger partial charge in [0.2, 0.25) is 0 Å². The van der Waals surface area contributed by atoms with E-state index in [1.54, 1.807) is 54.9 Å². The van der Waals surface area contributed by atoms with Crippen molar-refractivity contribution in [1.82, 2.24) is 20.0 Å². The quantitative estimate of drug-likeness (QED) is 0.379. The van der Waals surface area contributed by atoms with Gasteiger partial charge in [0.15, 0.2) is 0 Å². The highest BCUT2D eigenvalue weighted by Crippen LogP contribution is 2.25. The molecule has 0 saturated heterocycles. The van der Waals surface area contributed by atoms with Crippen molar-refractivity contribution in [2.24, 2.45) is 0 Å². The Morgan fingerprint density at radius 3 is 2.78 bits per heavy atom. The molecule has 0 spiro atoms. The molecular weight excluding hydrogens is 432 g/mol. The lowest BCUT2D eigenvalue weighted by molar-refractivity contribution is -0.145. The van der Waals surface area contributed by atoms with Crippen LogP contribution in [0.2, 0.25) is 5.02 Å². The van der Waals surface area contributed by atoms with Gasteiger partial charge in [-0.1, -0.05) is 35.0 Å². The van der Waals surface area contributed by atoms with Crippen LogP contribution in [0.4, 0.5) is 0 Å². The van der Waals surface area contributed by atoms with E-state index >= 15 is 0 Å². The average molecular weight is 451 g/mol. The zero-order valence-corrected chi connectivity index (χ0v) is 17.7. The monoisotopic (exact) mass is 450 g/mol. The molecule has 0 radical (unpaired) electrons. The second kappa shape index (κ2) is 10.0. The Morgan fingerprint density at radius 2 is 1.94 bits per heavy atom. The maximum absolute atomic E-state index is 12.5. The molecule has 4 aromatic rings. The third-order valence-corrected chi connectivity index (χ3v) is 4.92. The first-order chi connectivity index (χ1) is 15.6. The van der Waals surface area contributed by atoms with E-state index in [-0.39, 0.29) is 25.1 Å². The maximum Gasteiger partial charge on any atom is 0.308 e. The number of ether oxygens (including phenoxy) is 2. The molecule has 0 aliphatic rings. The van der Waals surface area contributed by atoms with Crippen LogP contribution in [0.3, 0.4) is 0 Å². The van der Waals surface area contributed by atoms with E-state index in [9.17, 15) is 9.59 Å². The van der Waals surface area contributed by atoms with Crippen molar-refractivity contribution < 1.29 is 14.3 Å². The molecule has 0 unspecified atom stereocenters. The summed E-state index contributed by atoms with van der Waals surface area (Å²) in [6.45, 7) is 0.370. The van der Waals surface area contributed by atoms with Gasteiger partial charge in [-0.3, -0.25) is 14.6 Å². The zero-order valence-electron chi connectivity index (χ0n) is 17.0. The fourth-order valence-electron chi connectivity index (χ4n) is 3.04. The van der Waals surface area contributed by atoms with Crippen molar-refractivity contribution in [2.45, 2.75) is 26.2 Å². The van der Waals surface area contributed by atoms with Gasteiger partial charge in [0, 0.05) is 28.5 Å². The normalized spacial score (nSPS) is 10.8. The minimum Gasteiger partial charge on any atom is -0.488 e. The fraction of sp³-hybridized carbons (Fsp3) is 0.174. The van der Waals surface area contributed by atoms with E-state index in [1.807, 2.05) is 12.1 Å². The summed E-state index contributed by atoms with van der Waals surface area (Å²) in [6.07, 6.45) is 3.38. The molecule has 0 saturated carbocycles. The van der Waals surface area contributed by atoms with Crippen LogP contribution in [0, 0.1) is 0 Å². The number of aryl methyl sites for hydroxylation is 1. The van der Waals surface area contributed by atoms with Crippen LogP contribution in [-0.4, -0.2) is 25.9 Å². The van der Waals surface area contributed by atoms with Crippen LogP contribution < -0.4 is 10.3 Å². The molecule has 4 rings (SSSR count). The molecule has 0 aliphatic heterocycles. The summed E-state index contributed by atoms with van der Waals surface area (Å²) in [7, 11) is 0. The Kier molecular flexibility index (Phi) is 6.72. The lowest BCUT2D eigenvalue weighted by Gasteiger charge is -2.12. The number of benzene rings is 2. The first-order valence-electron chi connectivity index (χ1n) is 9.88. The molecule has 2 aromatic heterocycles. The van der Waals surface area contributed by atoms with E-state index in [0.717, 1.165) is 10.2 Å². The average Bonchev–Trinajstić information content (AvgIpc) is 2.82. The first kappa shape index (κ1) is 21.5. The predicted octanol–water partition coefficient (Wildman–Crippen LogP) is 3.55. The molecule has 0 amide bonds. The number of hydrogen-bond donors (Lipinski definition) is 0. The summed E-state index contributed by atoms with van der Waals surface area (Å²) in [5.74, 6) is 0.0766. The molecule has 0 aliphatic carbocycles. The molecule has 0 N–H and O–H groups in total. The maximum atomic E-state index is 12.5. The fourth-order valence-corrected chi connectivity index (χ4v) is 3.24. The van der Waals surface area contributed by atoms with Crippen molar-refractivity contribution in [3.8, 4) is 5.75 Å². The molecular formula is C23H19ClN4O4. The van der Waals surface area contributed by atoms with Gasteiger partial charge in [-0.15, -0.1) is 5.10 Å². The van der Waals surface area contributed by atoms with Gasteiger partial charge >= 0.3 is 5.97 Å². The Balaban J connectivity index is 1.36. The number of hydrogen-bond acceptors (Lipinski definition) is 7. The van der Waals surface area contributed by atoms with Crippen LogP contribution in [-0.2, 0) is 29.3 Å². The third-order valence-electron chi connectivity index (χ3n) is 4.69. The topological polar surface area (TPSA) is 96.2 Å². The zero-order chi connectivity index (χ0) is 22.3. The van der Waals surface area contributed by atoms with Crippen molar-refractivity contribution in [1.29, 1.82) is 0 Å². The summed E-state index contributed by atoms with van der Waals surface area (Å²) < 4.78 is 12.4. The van der Waals surface area contributed by atoms with Gasteiger partial charge < -0.3 is 9.47 Å². The van der Waals surface area contributed by atoms with Crippen LogP contribution in [0.5, 0.6) is 5.75 Å². The third kappa shape index (κ3) is 5.28. The molecule has 0 bridgehead atoms. The lowest BCUT2D eigenvalue weighted by atomic mass is 10.2. The number of rotatable bonds is 8. The SMILES string of the molecule is O=C(CCn1nnc2ccccc2c1=O)OCc1cc(Cl)ccc1OCc1cccnc1. The molecule has 8 nitrogen and oxygen atoms in total. The number of esters is 1. The minimum absolute atomic E-state index is 0.0138. The van der Waals surface area contributed by atoms with Gasteiger partial charge in [0.05, 0.1) is 18.4 Å². The molecule has 2 heterocycles. The van der Waals surface area contributed by atoms with Gasteiger partial charge in [0.1, 0.15) is 24.5 Å². The second-order valence-electron chi connectivity index (χ2n) is 6.95. The number of carbonyl (C=O) groups excluding carboxylic acids is 1. The standard InChI is InChI=1S/C23H19ClN4O4/c24-18-7-8-21(31-14-16-4-3-10-25-13-16)17(12-18)15-32-22(29)9-11-28-23(30)19-5-1-2-6-20(19)26-27-28/h1-8,10,12-13H,9,11,14-15H2. The predicted molar refractivity (Wildman–Crippen MR) is 118 cm³/mol. The summed E-state index contributed by atoms with van der Waals surface area (Å²) in [4.78, 5) is 28.8. The number of fused-ring (bicyclic) bond motifs is 1. The summed E-state index contributed by atoms with van der Waals surface area (Å²) in [5, 5.41) is 8.84. The van der Waals surface area contributed by atoms with Crippen molar-refractivity contribution >= 4 is 28.5 Å². The largest absolute Gasteiger partial charge is 0.488 e. The minimum atomic E-state index is -0.481. The molecule has 0 fully saturated rings. The highest BCUT2D eigenvalue weighted by Gasteiger charge is 2.11. The van der Waals surface area contributed by atoms with E-state index in [2.05, 4.69) is 15.3 Å². The summed E-state index contributed by atoms with van der Waals surface area (Å²) in [6, 6.07) is 15.8. The van der Waals surface area contributed by atoms with Crippen LogP contribution in [0.15, 0.2) is 71.8 Å². The van der Waals surface area contributed by atoms with Gasteiger partial charge in [0.25, 0.3) is 5.56 Å². The van der Waals surface area contributed by atoms with E-state index in [0.29, 0.717) is 33.8 Å². The van der Waals surface area contributed by atoms with Crippen molar-refractivity contribution in [3.63, 3.8) is 0 Å². The van der Waals surface area contributed by atoms with Gasteiger partial charge in [-0.2, -0.15) is 0 Å². The number of nitrogens with zero attached hydrogens (tertiary/aromatic N) is 4. The highest BCUT2D eigenvalue weighted by molar-refractivity contribution is 6.30. The molecule has 9 heteroatoms.